The molecular formula is C23H21FN6O3. The Labute approximate surface area is 188 Å². The van der Waals surface area contributed by atoms with Crippen molar-refractivity contribution in [2.24, 2.45) is 7.05 Å². The number of benzene rings is 1. The molecule has 2 N–H and O–H groups in total. The van der Waals surface area contributed by atoms with Gasteiger partial charge in [-0.25, -0.2) is 19.3 Å². The van der Waals surface area contributed by atoms with Gasteiger partial charge in [-0.3, -0.25) is 14.2 Å². The number of carbonyl (C=O) groups excluding carboxylic acids is 1. The number of fused-ring (bicyclic) bond motifs is 1. The second-order valence-electron chi connectivity index (χ2n) is 7.19. The van der Waals surface area contributed by atoms with Crippen LogP contribution in [0.2, 0.25) is 0 Å². The van der Waals surface area contributed by atoms with Crippen LogP contribution in [0.25, 0.3) is 22.2 Å². The minimum absolute atomic E-state index is 0.0757. The Bertz CT molecular complexity index is 1390. The first kappa shape index (κ1) is 21.9. The highest BCUT2D eigenvalue weighted by molar-refractivity contribution is 5.87. The van der Waals surface area contributed by atoms with E-state index in [-0.39, 0.29) is 18.0 Å². The van der Waals surface area contributed by atoms with E-state index in [2.05, 4.69) is 25.6 Å². The zero-order valence-corrected chi connectivity index (χ0v) is 18.0. The summed E-state index contributed by atoms with van der Waals surface area (Å²) in [5, 5.41) is 6.20. The Morgan fingerprint density at radius 3 is 2.73 bits per heavy atom. The molecule has 4 aromatic rings. The smallest absolute Gasteiger partial charge is 0.264 e. The maximum atomic E-state index is 12.7. The lowest BCUT2D eigenvalue weighted by Gasteiger charge is -2.11. The van der Waals surface area contributed by atoms with Gasteiger partial charge in [0.1, 0.15) is 24.0 Å². The fourth-order valence-corrected chi connectivity index (χ4v) is 3.22. The van der Waals surface area contributed by atoms with Crippen molar-refractivity contribution in [3.8, 4) is 22.8 Å². The van der Waals surface area contributed by atoms with Gasteiger partial charge in [0.25, 0.3) is 5.56 Å². The van der Waals surface area contributed by atoms with Gasteiger partial charge >= 0.3 is 0 Å². The second kappa shape index (κ2) is 9.43. The summed E-state index contributed by atoms with van der Waals surface area (Å²) in [7, 11) is 1.57. The van der Waals surface area contributed by atoms with Crippen LogP contribution in [0.15, 0.2) is 59.7 Å². The van der Waals surface area contributed by atoms with Crippen LogP contribution in [0.4, 0.5) is 16.2 Å². The normalized spacial score (nSPS) is 10.8. The number of hydrogen-bond donors (Lipinski definition) is 2. The predicted octanol–water partition coefficient (Wildman–Crippen LogP) is 3.52. The molecule has 33 heavy (non-hydrogen) atoms. The third-order valence-electron chi connectivity index (χ3n) is 4.75. The van der Waals surface area contributed by atoms with Crippen LogP contribution in [0.3, 0.4) is 0 Å². The van der Waals surface area contributed by atoms with Gasteiger partial charge in [-0.2, -0.15) is 0 Å². The number of alkyl halides is 1. The highest BCUT2D eigenvalue weighted by atomic mass is 19.1. The number of pyridine rings is 2. The molecule has 0 aliphatic rings. The van der Waals surface area contributed by atoms with E-state index < -0.39 is 6.67 Å². The molecule has 0 spiro atoms. The van der Waals surface area contributed by atoms with Crippen molar-refractivity contribution in [3.05, 3.63) is 65.2 Å². The largest absolute Gasteiger partial charge is 0.457 e. The van der Waals surface area contributed by atoms with Gasteiger partial charge < -0.3 is 15.4 Å². The Morgan fingerprint density at radius 2 is 1.94 bits per heavy atom. The van der Waals surface area contributed by atoms with E-state index in [9.17, 15) is 14.0 Å². The molecule has 0 aliphatic carbocycles. The van der Waals surface area contributed by atoms with E-state index in [1.54, 1.807) is 43.6 Å². The summed E-state index contributed by atoms with van der Waals surface area (Å²) in [6.45, 7) is 0.920. The highest BCUT2D eigenvalue weighted by Gasteiger charge is 2.12. The quantitative estimate of drug-likeness (QED) is 0.445. The van der Waals surface area contributed by atoms with E-state index in [1.165, 1.54) is 17.7 Å². The monoisotopic (exact) mass is 448 g/mol. The fraction of sp³-hybridized carbons (Fsp3) is 0.174. The lowest BCUT2D eigenvalue weighted by Crippen LogP contribution is -2.24. The number of nitrogens with one attached hydrogen (secondary N) is 2. The predicted molar refractivity (Wildman–Crippen MR) is 123 cm³/mol. The standard InChI is InChI=1S/C23H21FN6O3/c1-14(31)28-21-12-17(7-9-25-21)33-16-4-6-19-15(11-16)3-5-20(29-19)18-13-27-23(26-10-8-24)30(2)22(18)32/h3-7,9,11-13H,8,10H2,1-2H3,(H,26,27)(H,25,28,31). The van der Waals surface area contributed by atoms with Gasteiger partial charge in [0.15, 0.2) is 0 Å². The minimum Gasteiger partial charge on any atom is -0.457 e. The first-order valence-corrected chi connectivity index (χ1v) is 10.1. The number of nitrogens with zero attached hydrogens (tertiary/aromatic N) is 4. The van der Waals surface area contributed by atoms with Gasteiger partial charge in [0.2, 0.25) is 11.9 Å². The summed E-state index contributed by atoms with van der Waals surface area (Å²) < 4.78 is 19.6. The molecule has 10 heteroatoms. The SMILES string of the molecule is CC(=O)Nc1cc(Oc2ccc3nc(-c4cnc(NCCF)n(C)c4=O)ccc3c2)ccn1. The van der Waals surface area contributed by atoms with Crippen molar-refractivity contribution in [2.75, 3.05) is 23.9 Å². The number of hydrogen-bond acceptors (Lipinski definition) is 7. The number of halogens is 1. The molecule has 1 amide bonds. The molecular weight excluding hydrogens is 427 g/mol. The zero-order chi connectivity index (χ0) is 23.4. The minimum atomic E-state index is -0.562. The number of rotatable bonds is 7. The van der Waals surface area contributed by atoms with Crippen molar-refractivity contribution in [2.45, 2.75) is 6.92 Å². The Morgan fingerprint density at radius 1 is 1.12 bits per heavy atom. The van der Waals surface area contributed by atoms with Gasteiger partial charge in [-0.15, -0.1) is 0 Å². The molecule has 0 radical (unpaired) electrons. The van der Waals surface area contributed by atoms with Gasteiger partial charge in [0, 0.05) is 44.4 Å². The maximum Gasteiger partial charge on any atom is 0.264 e. The Kier molecular flexibility index (Phi) is 6.25. The number of carbonyl (C=O) groups is 1. The van der Waals surface area contributed by atoms with Crippen molar-refractivity contribution >= 4 is 28.6 Å². The highest BCUT2D eigenvalue weighted by Crippen LogP contribution is 2.27. The topological polar surface area (TPSA) is 111 Å². The zero-order valence-electron chi connectivity index (χ0n) is 18.0. The molecule has 0 bridgehead atoms. The van der Waals surface area contributed by atoms with Crippen LogP contribution >= 0.6 is 0 Å². The van der Waals surface area contributed by atoms with E-state index in [0.29, 0.717) is 40.0 Å². The number of aromatic nitrogens is 4. The van der Waals surface area contributed by atoms with Gasteiger partial charge in [0.05, 0.1) is 16.8 Å². The van der Waals surface area contributed by atoms with Crippen molar-refractivity contribution < 1.29 is 13.9 Å². The molecule has 0 atom stereocenters. The van der Waals surface area contributed by atoms with Crippen LogP contribution in [-0.2, 0) is 11.8 Å². The molecule has 3 heterocycles. The Balaban J connectivity index is 1.59. The molecule has 0 fully saturated rings. The summed E-state index contributed by atoms with van der Waals surface area (Å²) in [6, 6.07) is 12.3. The average molecular weight is 448 g/mol. The first-order chi connectivity index (χ1) is 15.9. The van der Waals surface area contributed by atoms with Crippen LogP contribution in [-0.4, -0.2) is 38.6 Å². The summed E-state index contributed by atoms with van der Waals surface area (Å²) in [4.78, 5) is 36.8. The third-order valence-corrected chi connectivity index (χ3v) is 4.75. The van der Waals surface area contributed by atoms with E-state index >= 15 is 0 Å². The third kappa shape index (κ3) is 4.95. The molecule has 1 aromatic carbocycles. The number of ether oxygens (including phenoxy) is 1. The fourth-order valence-electron chi connectivity index (χ4n) is 3.22. The molecule has 168 valence electrons. The van der Waals surface area contributed by atoms with Crippen LogP contribution in [0.1, 0.15) is 6.92 Å². The number of amides is 1. The van der Waals surface area contributed by atoms with E-state index in [4.69, 9.17) is 4.74 Å². The van der Waals surface area contributed by atoms with Crippen LogP contribution in [0, 0.1) is 0 Å². The van der Waals surface area contributed by atoms with Gasteiger partial charge in [-0.05, 0) is 30.3 Å². The number of anilines is 2. The molecule has 0 unspecified atom stereocenters. The summed E-state index contributed by atoms with van der Waals surface area (Å²) in [6.07, 6.45) is 2.98. The van der Waals surface area contributed by atoms with Crippen molar-refractivity contribution in [1.29, 1.82) is 0 Å². The van der Waals surface area contributed by atoms with Crippen LogP contribution in [0.5, 0.6) is 11.5 Å². The average Bonchev–Trinajstić information content (AvgIpc) is 2.79. The van der Waals surface area contributed by atoms with E-state index in [0.717, 1.165) is 5.39 Å². The summed E-state index contributed by atoms with van der Waals surface area (Å²) >= 11 is 0. The van der Waals surface area contributed by atoms with E-state index in [1.807, 2.05) is 12.1 Å². The van der Waals surface area contributed by atoms with Crippen LogP contribution < -0.4 is 20.9 Å². The first-order valence-electron chi connectivity index (χ1n) is 10.1. The molecule has 0 saturated carbocycles. The molecule has 0 saturated heterocycles. The molecule has 3 aromatic heterocycles. The summed E-state index contributed by atoms with van der Waals surface area (Å²) in [5.41, 5.74) is 1.21. The lowest BCUT2D eigenvalue weighted by atomic mass is 10.1. The van der Waals surface area contributed by atoms with Crippen molar-refractivity contribution in [1.82, 2.24) is 19.5 Å². The molecule has 0 aliphatic heterocycles. The van der Waals surface area contributed by atoms with Gasteiger partial charge in [-0.1, -0.05) is 6.07 Å². The maximum absolute atomic E-state index is 12.7. The summed E-state index contributed by atoms with van der Waals surface area (Å²) in [5.74, 6) is 1.57. The van der Waals surface area contributed by atoms with Crippen molar-refractivity contribution in [3.63, 3.8) is 0 Å². The molecule has 4 rings (SSSR count). The second-order valence-corrected chi connectivity index (χ2v) is 7.19. The molecule has 9 nitrogen and oxygen atoms in total. The Hall–Kier alpha value is -4.34. The lowest BCUT2D eigenvalue weighted by molar-refractivity contribution is -0.114.